The third-order valence-electron chi connectivity index (χ3n) is 4.43. The molecular weight excluding hydrogens is 346 g/mol. The number of thioether (sulfide) groups is 1. The Labute approximate surface area is 159 Å². The zero-order valence-corrected chi connectivity index (χ0v) is 16.3. The van der Waals surface area contributed by atoms with Gasteiger partial charge in [-0.2, -0.15) is 11.8 Å². The highest BCUT2D eigenvalue weighted by molar-refractivity contribution is 7.99. The summed E-state index contributed by atoms with van der Waals surface area (Å²) in [4.78, 5) is 21.0. The van der Waals surface area contributed by atoms with Crippen molar-refractivity contribution in [2.24, 2.45) is 0 Å². The van der Waals surface area contributed by atoms with E-state index in [9.17, 15) is 4.79 Å². The molecule has 2 aromatic rings. The molecule has 26 heavy (non-hydrogen) atoms. The highest BCUT2D eigenvalue weighted by Crippen LogP contribution is 2.20. The number of anilines is 1. The second-order valence-electron chi connectivity index (χ2n) is 6.88. The maximum atomic E-state index is 12.2. The summed E-state index contributed by atoms with van der Waals surface area (Å²) in [5, 5.41) is 6.38. The van der Waals surface area contributed by atoms with Crippen LogP contribution in [0.2, 0.25) is 0 Å². The summed E-state index contributed by atoms with van der Waals surface area (Å²) in [7, 11) is 0. The van der Waals surface area contributed by atoms with E-state index < -0.39 is 0 Å². The van der Waals surface area contributed by atoms with Gasteiger partial charge in [-0.1, -0.05) is 13.8 Å². The van der Waals surface area contributed by atoms with Crippen molar-refractivity contribution < 1.29 is 4.79 Å². The van der Waals surface area contributed by atoms with Gasteiger partial charge in [-0.05, 0) is 30.7 Å². The third kappa shape index (κ3) is 5.00. The average Bonchev–Trinajstić information content (AvgIpc) is 3.31. The number of hydrogen-bond acceptors (Lipinski definition) is 5. The molecule has 1 aliphatic heterocycles. The summed E-state index contributed by atoms with van der Waals surface area (Å²) in [6.45, 7) is 5.76. The topological polar surface area (TPSA) is 71.8 Å². The van der Waals surface area contributed by atoms with Crippen LogP contribution in [0.25, 0.3) is 0 Å². The van der Waals surface area contributed by atoms with Crippen LogP contribution in [0.3, 0.4) is 0 Å². The summed E-state index contributed by atoms with van der Waals surface area (Å²) >= 11 is 1.96. The number of carbonyl (C=O) groups is 1. The molecule has 0 unspecified atom stereocenters. The van der Waals surface area contributed by atoms with E-state index in [-0.39, 0.29) is 5.91 Å². The fourth-order valence-electron chi connectivity index (χ4n) is 3.03. The maximum Gasteiger partial charge on any atom is 0.252 e. The van der Waals surface area contributed by atoms with Gasteiger partial charge in [0.15, 0.2) is 0 Å². The molecule has 7 heteroatoms. The van der Waals surface area contributed by atoms with Gasteiger partial charge in [0, 0.05) is 49.4 Å². The zero-order valence-electron chi connectivity index (χ0n) is 15.4. The van der Waals surface area contributed by atoms with Crippen LogP contribution in [-0.2, 0) is 6.54 Å². The van der Waals surface area contributed by atoms with Crippen molar-refractivity contribution in [1.29, 1.82) is 0 Å². The Morgan fingerprint density at radius 3 is 2.96 bits per heavy atom. The molecule has 0 bridgehead atoms. The van der Waals surface area contributed by atoms with Crippen molar-refractivity contribution in [3.8, 4) is 0 Å². The lowest BCUT2D eigenvalue weighted by Gasteiger charge is -2.12. The Balaban J connectivity index is 1.42. The highest BCUT2D eigenvalue weighted by atomic mass is 32.2. The first kappa shape index (κ1) is 18.8. The largest absolute Gasteiger partial charge is 0.366 e. The van der Waals surface area contributed by atoms with Gasteiger partial charge in [-0.3, -0.25) is 4.79 Å². The number of hydrogen-bond donors (Lipinski definition) is 2. The van der Waals surface area contributed by atoms with Gasteiger partial charge in [0.2, 0.25) is 0 Å². The first-order valence-corrected chi connectivity index (χ1v) is 10.4. The predicted molar refractivity (Wildman–Crippen MR) is 107 cm³/mol. The summed E-state index contributed by atoms with van der Waals surface area (Å²) in [6.07, 6.45) is 7.51. The Hall–Kier alpha value is -2.02. The number of rotatable bonds is 8. The molecule has 0 spiro atoms. The molecule has 1 aliphatic rings. The molecular formula is C19H27N5OS. The molecule has 6 nitrogen and oxygen atoms in total. The van der Waals surface area contributed by atoms with Gasteiger partial charge in [0.25, 0.3) is 5.91 Å². The second kappa shape index (κ2) is 9.07. The number of pyridine rings is 1. The summed E-state index contributed by atoms with van der Waals surface area (Å²) < 4.78 is 2.15. The van der Waals surface area contributed by atoms with E-state index in [1.54, 1.807) is 6.20 Å². The molecule has 0 aromatic carbocycles. The number of nitrogens with one attached hydrogen (secondary N) is 2. The predicted octanol–water partition coefficient (Wildman–Crippen LogP) is 3.14. The molecule has 2 aromatic heterocycles. The minimum Gasteiger partial charge on any atom is -0.366 e. The highest BCUT2D eigenvalue weighted by Gasteiger charge is 2.15. The Morgan fingerprint density at radius 2 is 2.27 bits per heavy atom. The fourth-order valence-corrected chi connectivity index (χ4v) is 4.19. The first-order chi connectivity index (χ1) is 12.6. The van der Waals surface area contributed by atoms with Crippen LogP contribution < -0.4 is 10.6 Å². The van der Waals surface area contributed by atoms with E-state index in [1.165, 1.54) is 12.2 Å². The van der Waals surface area contributed by atoms with E-state index in [1.807, 2.05) is 36.3 Å². The van der Waals surface area contributed by atoms with E-state index in [2.05, 4.69) is 39.0 Å². The third-order valence-corrected chi connectivity index (χ3v) is 5.60. The van der Waals surface area contributed by atoms with E-state index in [4.69, 9.17) is 0 Å². The maximum absolute atomic E-state index is 12.2. The van der Waals surface area contributed by atoms with Crippen molar-refractivity contribution in [1.82, 2.24) is 19.9 Å². The smallest absolute Gasteiger partial charge is 0.252 e. The minimum atomic E-state index is -0.0739. The molecule has 2 N–H and O–H groups in total. The quantitative estimate of drug-likeness (QED) is 0.696. The van der Waals surface area contributed by atoms with Crippen LogP contribution >= 0.6 is 11.8 Å². The van der Waals surface area contributed by atoms with Crippen molar-refractivity contribution in [3.63, 3.8) is 0 Å². The second-order valence-corrected chi connectivity index (χ2v) is 8.03. The summed E-state index contributed by atoms with van der Waals surface area (Å²) in [5.74, 6) is 4.59. The molecule has 140 valence electrons. The molecule has 3 rings (SSSR count). The van der Waals surface area contributed by atoms with Crippen molar-refractivity contribution >= 4 is 23.5 Å². The van der Waals surface area contributed by atoms with Gasteiger partial charge >= 0.3 is 0 Å². The van der Waals surface area contributed by atoms with Crippen molar-refractivity contribution in [3.05, 3.63) is 42.1 Å². The molecule has 0 saturated carbocycles. The van der Waals surface area contributed by atoms with Crippen LogP contribution in [0.4, 0.5) is 5.82 Å². The van der Waals surface area contributed by atoms with Gasteiger partial charge < -0.3 is 15.2 Å². The lowest BCUT2D eigenvalue weighted by molar-refractivity contribution is 0.0952. The molecule has 0 aliphatic carbocycles. The fraction of sp³-hybridized carbons (Fsp3) is 0.526. The van der Waals surface area contributed by atoms with Gasteiger partial charge in [0.1, 0.15) is 11.6 Å². The number of aromatic nitrogens is 3. The number of carbonyl (C=O) groups excluding carboxylic acids is 1. The van der Waals surface area contributed by atoms with E-state index >= 15 is 0 Å². The van der Waals surface area contributed by atoms with Gasteiger partial charge in [-0.15, -0.1) is 0 Å². The molecule has 0 radical (unpaired) electrons. The number of amides is 1. The first-order valence-electron chi connectivity index (χ1n) is 9.23. The van der Waals surface area contributed by atoms with Crippen LogP contribution in [0, 0.1) is 0 Å². The molecule has 3 heterocycles. The lowest BCUT2D eigenvalue weighted by atomic mass is 10.2. The van der Waals surface area contributed by atoms with Gasteiger partial charge in [-0.25, -0.2) is 9.97 Å². The Morgan fingerprint density at radius 1 is 1.38 bits per heavy atom. The molecule has 1 amide bonds. The van der Waals surface area contributed by atoms with Crippen LogP contribution in [-0.4, -0.2) is 44.5 Å². The lowest BCUT2D eigenvalue weighted by Crippen LogP contribution is -2.25. The normalized spacial score (nSPS) is 16.8. The van der Waals surface area contributed by atoms with Crippen LogP contribution in [0.5, 0.6) is 0 Å². The Kier molecular flexibility index (Phi) is 6.55. The average molecular weight is 374 g/mol. The van der Waals surface area contributed by atoms with E-state index in [0.29, 0.717) is 24.1 Å². The zero-order chi connectivity index (χ0) is 18.4. The Bertz CT molecular complexity index is 707. The minimum absolute atomic E-state index is 0.0739. The SMILES string of the molecule is CC(C)c1nccn1CCCNC(=O)c1ccc(N[C@H]2CCSC2)nc1. The van der Waals surface area contributed by atoms with Crippen LogP contribution in [0.15, 0.2) is 30.7 Å². The van der Waals surface area contributed by atoms with Crippen molar-refractivity contribution in [2.45, 2.75) is 45.2 Å². The summed E-state index contributed by atoms with van der Waals surface area (Å²) in [5.41, 5.74) is 0.599. The van der Waals surface area contributed by atoms with Crippen LogP contribution in [0.1, 0.15) is 48.8 Å². The standard InChI is InChI=1S/C19H27N5OS/c1-14(2)18-20-8-10-24(18)9-3-7-21-19(25)15-4-5-17(22-12-15)23-16-6-11-26-13-16/h4-5,8,10,12,14,16H,3,6-7,9,11,13H2,1-2H3,(H,21,25)(H,22,23)/t16-/m0/s1. The number of aryl methyl sites for hydroxylation is 1. The van der Waals surface area contributed by atoms with Gasteiger partial charge in [0.05, 0.1) is 5.56 Å². The monoisotopic (exact) mass is 373 g/mol. The number of imidazole rings is 1. The van der Waals surface area contributed by atoms with Crippen molar-refractivity contribution in [2.75, 3.05) is 23.4 Å². The molecule has 1 saturated heterocycles. The van der Waals surface area contributed by atoms with E-state index in [0.717, 1.165) is 30.4 Å². The number of nitrogens with zero attached hydrogens (tertiary/aromatic N) is 3. The molecule has 1 fully saturated rings. The summed E-state index contributed by atoms with van der Waals surface area (Å²) in [6, 6.07) is 4.21. The molecule has 1 atom stereocenters.